The van der Waals surface area contributed by atoms with Crippen LogP contribution >= 0.6 is 0 Å². The van der Waals surface area contributed by atoms with E-state index in [1.54, 1.807) is 0 Å². The van der Waals surface area contributed by atoms with Crippen molar-refractivity contribution in [2.75, 3.05) is 45.7 Å². The van der Waals surface area contributed by atoms with Crippen molar-refractivity contribution in [3.05, 3.63) is 59.7 Å². The zero-order chi connectivity index (χ0) is 18.9. The molecule has 2 aromatic rings. The molecule has 0 aliphatic carbocycles. The van der Waals surface area contributed by atoms with Crippen molar-refractivity contribution < 1.29 is 9.53 Å². The summed E-state index contributed by atoms with van der Waals surface area (Å²) >= 11 is 0. The Hall–Kier alpha value is -2.53. The first kappa shape index (κ1) is 19.8. The Morgan fingerprint density at radius 2 is 1.65 bits per heavy atom. The highest BCUT2D eigenvalue weighted by Gasteiger charge is 2.07. The van der Waals surface area contributed by atoms with Gasteiger partial charge < -0.3 is 15.0 Å². The Morgan fingerprint density at radius 1 is 1.00 bits per heavy atom. The highest BCUT2D eigenvalue weighted by Crippen LogP contribution is 2.12. The minimum atomic E-state index is 0.0134. The summed E-state index contributed by atoms with van der Waals surface area (Å²) in [5, 5.41) is 2.96. The number of ether oxygens (including phenoxy) is 1. The molecule has 26 heavy (non-hydrogen) atoms. The molecule has 0 unspecified atom stereocenters. The van der Waals surface area contributed by atoms with E-state index in [1.165, 1.54) is 5.56 Å². The average Bonchev–Trinajstić information content (AvgIpc) is 2.62. The van der Waals surface area contributed by atoms with Crippen LogP contribution < -0.4 is 15.0 Å². The minimum Gasteiger partial charge on any atom is -0.492 e. The highest BCUT2D eigenvalue weighted by atomic mass is 16.5. The van der Waals surface area contributed by atoms with Crippen molar-refractivity contribution in [1.82, 2.24) is 10.2 Å². The molecule has 1 N–H and O–H groups in total. The number of amides is 1. The number of nitrogens with zero attached hydrogens (tertiary/aromatic N) is 2. The van der Waals surface area contributed by atoms with Gasteiger partial charge in [-0.25, -0.2) is 0 Å². The van der Waals surface area contributed by atoms with Crippen LogP contribution in [0.3, 0.4) is 0 Å². The second-order valence-corrected chi connectivity index (χ2v) is 6.74. The van der Waals surface area contributed by atoms with E-state index in [0.29, 0.717) is 26.2 Å². The van der Waals surface area contributed by atoms with Crippen LogP contribution in [-0.4, -0.2) is 51.6 Å². The van der Waals surface area contributed by atoms with Gasteiger partial charge in [-0.3, -0.25) is 9.69 Å². The van der Waals surface area contributed by atoms with Crippen molar-refractivity contribution in [3.63, 3.8) is 0 Å². The van der Waals surface area contributed by atoms with Gasteiger partial charge in [-0.1, -0.05) is 29.8 Å². The predicted molar refractivity (Wildman–Crippen MR) is 107 cm³/mol. The molecule has 0 saturated carbocycles. The lowest BCUT2D eigenvalue weighted by atomic mass is 10.2. The van der Waals surface area contributed by atoms with Gasteiger partial charge in [0.2, 0.25) is 5.91 Å². The first-order chi connectivity index (χ1) is 12.4. The third-order valence-corrected chi connectivity index (χ3v) is 4.12. The maximum absolute atomic E-state index is 12.1. The van der Waals surface area contributed by atoms with Crippen LogP contribution in [-0.2, 0) is 11.3 Å². The molecule has 0 saturated heterocycles. The smallest absolute Gasteiger partial charge is 0.234 e. The van der Waals surface area contributed by atoms with E-state index in [1.807, 2.05) is 69.4 Å². The molecule has 5 heteroatoms. The fourth-order valence-electron chi connectivity index (χ4n) is 2.45. The standard InChI is InChI=1S/C21H29N3O2/c1-17-5-11-20(12-6-17)26-14-13-24(4)16-21(25)22-15-18-7-9-19(10-8-18)23(2)3/h5-12H,13-16H2,1-4H3,(H,22,25). The molecule has 0 heterocycles. The van der Waals surface area contributed by atoms with Gasteiger partial charge in [0.1, 0.15) is 12.4 Å². The second kappa shape index (κ2) is 9.82. The number of aryl methyl sites for hydroxylation is 1. The number of carbonyl (C=O) groups is 1. The number of hydrogen-bond donors (Lipinski definition) is 1. The molecule has 5 nitrogen and oxygen atoms in total. The van der Waals surface area contributed by atoms with E-state index in [2.05, 4.69) is 22.3 Å². The van der Waals surface area contributed by atoms with Crippen LogP contribution in [0.15, 0.2) is 48.5 Å². The Balaban J connectivity index is 1.65. The van der Waals surface area contributed by atoms with Crippen LogP contribution in [0.5, 0.6) is 5.75 Å². The molecule has 0 aliphatic rings. The van der Waals surface area contributed by atoms with Gasteiger partial charge in [0.05, 0.1) is 6.54 Å². The lowest BCUT2D eigenvalue weighted by molar-refractivity contribution is -0.122. The number of hydrogen-bond acceptors (Lipinski definition) is 4. The van der Waals surface area contributed by atoms with E-state index < -0.39 is 0 Å². The number of anilines is 1. The lowest BCUT2D eigenvalue weighted by Gasteiger charge is -2.17. The van der Waals surface area contributed by atoms with E-state index >= 15 is 0 Å². The van der Waals surface area contributed by atoms with E-state index in [9.17, 15) is 4.79 Å². The van der Waals surface area contributed by atoms with Gasteiger partial charge in [0, 0.05) is 32.9 Å². The third-order valence-electron chi connectivity index (χ3n) is 4.12. The molecular weight excluding hydrogens is 326 g/mol. The molecule has 0 atom stereocenters. The summed E-state index contributed by atoms with van der Waals surface area (Å²) in [6, 6.07) is 16.2. The summed E-state index contributed by atoms with van der Waals surface area (Å²) in [4.78, 5) is 16.1. The number of likely N-dealkylation sites (N-methyl/N-ethyl adjacent to an activating group) is 1. The Bertz CT molecular complexity index is 681. The summed E-state index contributed by atoms with van der Waals surface area (Å²) in [7, 11) is 5.94. The fourth-order valence-corrected chi connectivity index (χ4v) is 2.45. The topological polar surface area (TPSA) is 44.8 Å². The summed E-state index contributed by atoms with van der Waals surface area (Å²) < 4.78 is 5.70. The van der Waals surface area contributed by atoms with Crippen molar-refractivity contribution in [3.8, 4) is 5.75 Å². The summed E-state index contributed by atoms with van der Waals surface area (Å²) in [5.41, 5.74) is 3.45. The molecule has 0 radical (unpaired) electrons. The third kappa shape index (κ3) is 6.76. The second-order valence-electron chi connectivity index (χ2n) is 6.74. The van der Waals surface area contributed by atoms with Crippen molar-refractivity contribution in [2.45, 2.75) is 13.5 Å². The van der Waals surface area contributed by atoms with Crippen LogP contribution in [0.1, 0.15) is 11.1 Å². The van der Waals surface area contributed by atoms with Gasteiger partial charge in [0.25, 0.3) is 0 Å². The summed E-state index contributed by atoms with van der Waals surface area (Å²) in [6.07, 6.45) is 0. The van der Waals surface area contributed by atoms with Crippen molar-refractivity contribution in [1.29, 1.82) is 0 Å². The average molecular weight is 355 g/mol. The Kier molecular flexibility index (Phi) is 7.48. The van der Waals surface area contributed by atoms with Crippen molar-refractivity contribution in [2.24, 2.45) is 0 Å². The molecule has 2 aromatic carbocycles. The Labute approximate surface area is 156 Å². The molecule has 0 spiro atoms. The highest BCUT2D eigenvalue weighted by molar-refractivity contribution is 5.78. The van der Waals surface area contributed by atoms with Gasteiger partial charge >= 0.3 is 0 Å². The van der Waals surface area contributed by atoms with Crippen LogP contribution in [0.4, 0.5) is 5.69 Å². The minimum absolute atomic E-state index is 0.0134. The van der Waals surface area contributed by atoms with Gasteiger partial charge in [-0.05, 0) is 43.8 Å². The van der Waals surface area contributed by atoms with E-state index in [4.69, 9.17) is 4.74 Å². The largest absolute Gasteiger partial charge is 0.492 e. The SMILES string of the molecule is Cc1ccc(OCCN(C)CC(=O)NCc2ccc(N(C)C)cc2)cc1. The van der Waals surface area contributed by atoms with Crippen LogP contribution in [0.25, 0.3) is 0 Å². The number of carbonyl (C=O) groups excluding carboxylic acids is 1. The molecule has 0 aromatic heterocycles. The normalized spacial score (nSPS) is 10.7. The lowest BCUT2D eigenvalue weighted by Crippen LogP contribution is -2.36. The zero-order valence-electron chi connectivity index (χ0n) is 16.2. The fraction of sp³-hybridized carbons (Fsp3) is 0.381. The molecule has 2 rings (SSSR count). The monoisotopic (exact) mass is 355 g/mol. The van der Waals surface area contributed by atoms with E-state index in [-0.39, 0.29) is 5.91 Å². The van der Waals surface area contributed by atoms with Gasteiger partial charge in [-0.15, -0.1) is 0 Å². The molecule has 0 fully saturated rings. The first-order valence-electron chi connectivity index (χ1n) is 8.85. The van der Waals surface area contributed by atoms with E-state index in [0.717, 1.165) is 17.0 Å². The molecule has 0 aliphatic heterocycles. The molecular formula is C21H29N3O2. The molecule has 140 valence electrons. The summed E-state index contributed by atoms with van der Waals surface area (Å²) in [5.74, 6) is 0.870. The number of benzene rings is 2. The van der Waals surface area contributed by atoms with Crippen LogP contribution in [0, 0.1) is 6.92 Å². The number of nitrogens with one attached hydrogen (secondary N) is 1. The molecule has 0 bridgehead atoms. The Morgan fingerprint density at radius 3 is 2.27 bits per heavy atom. The maximum atomic E-state index is 12.1. The quantitative estimate of drug-likeness (QED) is 0.751. The van der Waals surface area contributed by atoms with Crippen LogP contribution in [0.2, 0.25) is 0 Å². The van der Waals surface area contributed by atoms with Gasteiger partial charge in [-0.2, -0.15) is 0 Å². The zero-order valence-corrected chi connectivity index (χ0v) is 16.2. The van der Waals surface area contributed by atoms with Gasteiger partial charge in [0.15, 0.2) is 0 Å². The summed E-state index contributed by atoms with van der Waals surface area (Å²) in [6.45, 7) is 4.19. The number of rotatable bonds is 9. The van der Waals surface area contributed by atoms with Crippen molar-refractivity contribution >= 4 is 11.6 Å². The predicted octanol–water partition coefficient (Wildman–Crippen LogP) is 2.69. The first-order valence-corrected chi connectivity index (χ1v) is 8.85. The molecule has 1 amide bonds. The maximum Gasteiger partial charge on any atom is 0.234 e.